The molecule has 0 amide bonds. The molecule has 3 rings (SSSR count). The minimum atomic E-state index is -0.987. The molecular weight excluding hydrogens is 606 g/mol. The van der Waals surface area contributed by atoms with Crippen LogP contribution in [0.2, 0.25) is 0 Å². The molecule has 1 atom stereocenters. The van der Waals surface area contributed by atoms with Gasteiger partial charge in [0, 0.05) is 38.0 Å². The Morgan fingerprint density at radius 2 is 1.72 bits per heavy atom. The molecule has 0 saturated carbocycles. The van der Waals surface area contributed by atoms with Crippen molar-refractivity contribution >= 4 is 56.8 Å². The van der Waals surface area contributed by atoms with Crippen molar-refractivity contribution in [3.63, 3.8) is 0 Å². The van der Waals surface area contributed by atoms with E-state index in [1.54, 1.807) is 17.9 Å². The van der Waals surface area contributed by atoms with Gasteiger partial charge in [-0.15, -0.1) is 0 Å². The van der Waals surface area contributed by atoms with Crippen LogP contribution >= 0.6 is 11.6 Å². The van der Waals surface area contributed by atoms with Gasteiger partial charge in [-0.05, 0) is 18.9 Å². The van der Waals surface area contributed by atoms with Gasteiger partial charge in [-0.2, -0.15) is 0 Å². The summed E-state index contributed by atoms with van der Waals surface area (Å²) in [7, 11) is 0. The Labute approximate surface area is 203 Å². The fraction of sp³-hybridized carbons (Fsp3) is 0.391. The molecule has 1 aliphatic heterocycles. The molecule has 0 bridgehead atoms. The Kier molecular flexibility index (Phi) is 9.72. The molecule has 7 nitrogen and oxygen atoms in total. The van der Waals surface area contributed by atoms with Crippen LogP contribution in [-0.4, -0.2) is 47.3 Å². The number of carbonyl (C=O) groups excluding carboxylic acids is 3. The van der Waals surface area contributed by atoms with E-state index in [0.717, 1.165) is 25.7 Å². The van der Waals surface area contributed by atoms with Crippen molar-refractivity contribution in [3.05, 3.63) is 28.3 Å². The van der Waals surface area contributed by atoms with Crippen molar-refractivity contribution < 1.29 is 44.3 Å². The largest absolute Gasteiger partial charge is 0.492 e. The summed E-state index contributed by atoms with van der Waals surface area (Å²) in [6.45, 7) is 4.86. The number of hydrogen-bond donors (Lipinski definition) is 0. The predicted molar refractivity (Wildman–Crippen MR) is 118 cm³/mol. The molecule has 167 valence electrons. The van der Waals surface area contributed by atoms with Crippen molar-refractivity contribution in [2.75, 3.05) is 13.2 Å². The number of aromatic nitrogens is 1. The molecule has 2 aromatic rings. The molecular formula is C23H21ClN2O5Re. The number of ether oxygens (including phenoxy) is 2. The average Bonchev–Trinajstić information content (AvgIpc) is 2.78. The maximum atomic E-state index is 11.9. The molecule has 0 saturated heterocycles. The third-order valence-corrected chi connectivity index (χ3v) is 5.21. The molecule has 1 unspecified atom stereocenters. The van der Waals surface area contributed by atoms with Gasteiger partial charge in [0.05, 0.1) is 34.3 Å². The van der Waals surface area contributed by atoms with Gasteiger partial charge in [-0.25, -0.2) is 19.4 Å². The number of nitrogens with zero attached hydrogens (tertiary/aromatic N) is 2. The first-order chi connectivity index (χ1) is 15.1. The predicted octanol–water partition coefficient (Wildman–Crippen LogP) is 2.10. The van der Waals surface area contributed by atoms with Gasteiger partial charge in [0.2, 0.25) is 0 Å². The zero-order valence-electron chi connectivity index (χ0n) is 17.7. The van der Waals surface area contributed by atoms with Crippen molar-refractivity contribution in [1.29, 1.82) is 0 Å². The summed E-state index contributed by atoms with van der Waals surface area (Å²) >= 11 is 6.35. The molecule has 2 heterocycles. The summed E-state index contributed by atoms with van der Waals surface area (Å²) in [4.78, 5) is 44.4. The number of benzene rings is 1. The quantitative estimate of drug-likeness (QED) is 0.329. The van der Waals surface area contributed by atoms with Gasteiger partial charge in [0.25, 0.3) is 0 Å². The van der Waals surface area contributed by atoms with E-state index < -0.39 is 6.10 Å². The smallest absolute Gasteiger partial charge is 0.146 e. The SMILES string of the molecule is CCCCOc1cnc2c3c(c(=C=O)c(=C=O)c2c1)C(=C=O)C(OCCCC)C(Cl)=N3.[Re]. The average molecular weight is 627 g/mol. The van der Waals surface area contributed by atoms with Crippen LogP contribution in [0.15, 0.2) is 17.3 Å². The number of fused-ring (bicyclic) bond motifs is 3. The number of aliphatic imine (C=N–C) groups is 1. The summed E-state index contributed by atoms with van der Waals surface area (Å²) in [5, 5.41) is 0.101. The van der Waals surface area contributed by atoms with Crippen molar-refractivity contribution in [3.8, 4) is 5.75 Å². The summed E-state index contributed by atoms with van der Waals surface area (Å²) in [6, 6.07) is 1.59. The number of hydrogen-bond acceptors (Lipinski definition) is 7. The Bertz CT molecular complexity index is 1260. The summed E-state index contributed by atoms with van der Waals surface area (Å²) in [5.41, 5.74) is 0.543. The van der Waals surface area contributed by atoms with Gasteiger partial charge in [0.15, 0.2) is 0 Å². The van der Waals surface area contributed by atoms with E-state index in [2.05, 4.69) is 9.98 Å². The summed E-state index contributed by atoms with van der Waals surface area (Å²) in [5.74, 6) is 5.80. The maximum Gasteiger partial charge on any atom is 0.146 e. The van der Waals surface area contributed by atoms with E-state index in [-0.39, 0.29) is 58.4 Å². The second-order valence-electron chi connectivity index (χ2n) is 7.00. The Morgan fingerprint density at radius 3 is 2.34 bits per heavy atom. The van der Waals surface area contributed by atoms with E-state index in [9.17, 15) is 14.4 Å². The van der Waals surface area contributed by atoms with E-state index in [1.165, 1.54) is 6.20 Å². The Hall–Kier alpha value is -2.38. The summed E-state index contributed by atoms with van der Waals surface area (Å²) < 4.78 is 11.4. The molecule has 1 aromatic carbocycles. The van der Waals surface area contributed by atoms with Gasteiger partial charge in [0.1, 0.15) is 40.5 Å². The summed E-state index contributed by atoms with van der Waals surface area (Å²) in [6.07, 6.45) is 3.96. The number of rotatable bonds is 8. The molecule has 0 fully saturated rings. The van der Waals surface area contributed by atoms with Crippen LogP contribution in [0.25, 0.3) is 16.5 Å². The molecule has 32 heavy (non-hydrogen) atoms. The Morgan fingerprint density at radius 1 is 1.03 bits per heavy atom. The molecule has 1 radical (unpaired) electrons. The van der Waals surface area contributed by atoms with E-state index in [0.29, 0.717) is 24.3 Å². The van der Waals surface area contributed by atoms with E-state index >= 15 is 0 Å². The van der Waals surface area contributed by atoms with Crippen LogP contribution < -0.4 is 15.2 Å². The van der Waals surface area contributed by atoms with Crippen molar-refractivity contribution in [2.45, 2.75) is 45.6 Å². The minimum Gasteiger partial charge on any atom is -0.492 e. The first-order valence-corrected chi connectivity index (χ1v) is 10.5. The second-order valence-corrected chi connectivity index (χ2v) is 7.39. The normalized spacial score (nSPS) is 14.5. The van der Waals surface area contributed by atoms with Gasteiger partial charge >= 0.3 is 0 Å². The number of pyridine rings is 1. The molecule has 0 N–H and O–H groups in total. The topological polar surface area (TPSA) is 94.9 Å². The van der Waals surface area contributed by atoms with Crippen LogP contribution in [0.5, 0.6) is 5.75 Å². The van der Waals surface area contributed by atoms with Crippen LogP contribution in [-0.2, 0) is 39.5 Å². The fourth-order valence-electron chi connectivity index (χ4n) is 3.33. The van der Waals surface area contributed by atoms with E-state index in [4.69, 9.17) is 21.1 Å². The molecule has 9 heteroatoms. The Balaban J connectivity index is 0.00000363. The third kappa shape index (κ3) is 4.99. The molecule has 0 spiro atoms. The van der Waals surface area contributed by atoms with Crippen LogP contribution in [0.4, 0.5) is 5.69 Å². The first kappa shape index (κ1) is 25.9. The maximum absolute atomic E-state index is 11.9. The zero-order valence-corrected chi connectivity index (χ0v) is 21.1. The van der Waals surface area contributed by atoms with E-state index in [1.807, 2.05) is 19.8 Å². The second kappa shape index (κ2) is 12.0. The zero-order chi connectivity index (χ0) is 22.4. The monoisotopic (exact) mass is 627 g/mol. The van der Waals surface area contributed by atoms with Crippen LogP contribution in [0.1, 0.15) is 45.1 Å². The van der Waals surface area contributed by atoms with Crippen LogP contribution in [0, 0.1) is 0 Å². The first-order valence-electron chi connectivity index (χ1n) is 10.1. The molecule has 0 aliphatic carbocycles. The van der Waals surface area contributed by atoms with Crippen molar-refractivity contribution in [1.82, 2.24) is 4.98 Å². The third-order valence-electron chi connectivity index (χ3n) is 4.92. The van der Waals surface area contributed by atoms with Gasteiger partial charge < -0.3 is 9.47 Å². The number of unbranched alkanes of at least 4 members (excludes halogenated alkanes) is 2. The van der Waals surface area contributed by atoms with Gasteiger partial charge in [-0.3, -0.25) is 4.98 Å². The molecule has 1 aliphatic rings. The minimum absolute atomic E-state index is 0. The van der Waals surface area contributed by atoms with Crippen molar-refractivity contribution in [2.24, 2.45) is 4.99 Å². The standard InChI is InChI=1S/C23H21ClN2O5.Re/c1-3-5-7-30-14-9-15-16(11-27)17(12-28)19-18(13-29)22(31-8-6-4-2)23(24)26-21(19)20(15)25-10-14;/h9-10,22H,3-8H2,1-2H3;. The molecule has 1 aromatic heterocycles. The van der Waals surface area contributed by atoms with Crippen LogP contribution in [0.3, 0.4) is 0 Å². The fourth-order valence-corrected chi connectivity index (χ4v) is 3.59. The van der Waals surface area contributed by atoms with Gasteiger partial charge in [-0.1, -0.05) is 38.3 Å². The number of halogens is 1.